The third-order valence-corrected chi connectivity index (χ3v) is 7.47. The van der Waals surface area contributed by atoms with Gasteiger partial charge in [-0.2, -0.15) is 0 Å². The summed E-state index contributed by atoms with van der Waals surface area (Å²) >= 11 is 0. The molecule has 4 fully saturated rings. The molecule has 0 aliphatic heterocycles. The molecule has 4 heteroatoms. The first-order valence-corrected chi connectivity index (χ1v) is 11.3. The maximum Gasteiger partial charge on any atom is 0.230 e. The Hall–Kier alpha value is -2.88. The molecule has 0 radical (unpaired) electrons. The van der Waals surface area contributed by atoms with E-state index >= 15 is 0 Å². The number of amides is 1. The molecule has 0 aromatic heterocycles. The van der Waals surface area contributed by atoms with Crippen LogP contribution in [0.5, 0.6) is 5.75 Å². The van der Waals surface area contributed by atoms with Crippen LogP contribution < -0.4 is 10.1 Å². The summed E-state index contributed by atoms with van der Waals surface area (Å²) in [6, 6.07) is 14.8. The molecule has 2 aromatic rings. The number of carbonyl (C=O) groups excluding carboxylic acids is 2. The minimum absolute atomic E-state index is 0.0678. The van der Waals surface area contributed by atoms with E-state index in [0.29, 0.717) is 5.56 Å². The Morgan fingerprint density at radius 3 is 2.23 bits per heavy atom. The van der Waals surface area contributed by atoms with Crippen molar-refractivity contribution >= 4 is 23.5 Å². The van der Waals surface area contributed by atoms with Crippen molar-refractivity contribution in [3.8, 4) is 5.75 Å². The molecule has 0 atom stereocenters. The summed E-state index contributed by atoms with van der Waals surface area (Å²) in [5.74, 6) is 3.11. The van der Waals surface area contributed by atoms with Crippen LogP contribution in [-0.4, -0.2) is 18.8 Å². The van der Waals surface area contributed by atoms with Gasteiger partial charge in [-0.05, 0) is 104 Å². The normalized spacial score (nSPS) is 28.6. The third-order valence-electron chi connectivity index (χ3n) is 7.47. The van der Waals surface area contributed by atoms with E-state index in [1.165, 1.54) is 19.3 Å². The fourth-order valence-corrected chi connectivity index (χ4v) is 6.38. The van der Waals surface area contributed by atoms with Crippen LogP contribution >= 0.6 is 0 Å². The van der Waals surface area contributed by atoms with Crippen molar-refractivity contribution in [2.24, 2.45) is 23.2 Å². The van der Waals surface area contributed by atoms with Gasteiger partial charge in [-0.15, -0.1) is 0 Å². The van der Waals surface area contributed by atoms with Crippen molar-refractivity contribution < 1.29 is 14.3 Å². The van der Waals surface area contributed by atoms with E-state index in [4.69, 9.17) is 4.74 Å². The number of ketones is 1. The molecule has 1 N–H and O–H groups in total. The maximum atomic E-state index is 13.2. The quantitative estimate of drug-likeness (QED) is 0.483. The lowest BCUT2D eigenvalue weighted by Gasteiger charge is -2.55. The first-order valence-electron chi connectivity index (χ1n) is 11.3. The fourth-order valence-electron chi connectivity index (χ4n) is 6.38. The van der Waals surface area contributed by atoms with Crippen molar-refractivity contribution in [2.45, 2.75) is 38.5 Å². The molecule has 0 saturated heterocycles. The summed E-state index contributed by atoms with van der Waals surface area (Å²) in [4.78, 5) is 25.7. The second kappa shape index (κ2) is 7.99. The van der Waals surface area contributed by atoms with Gasteiger partial charge in [0.05, 0.1) is 12.5 Å². The minimum atomic E-state index is -0.164. The third kappa shape index (κ3) is 4.04. The number of nitrogens with one attached hydrogen (secondary N) is 1. The first kappa shape index (κ1) is 20.0. The minimum Gasteiger partial charge on any atom is -0.497 e. The molecule has 31 heavy (non-hydrogen) atoms. The zero-order valence-corrected chi connectivity index (χ0v) is 18.0. The molecule has 2 aromatic carbocycles. The predicted octanol–water partition coefficient (Wildman–Crippen LogP) is 5.75. The number of ether oxygens (including phenoxy) is 1. The summed E-state index contributed by atoms with van der Waals surface area (Å²) in [7, 11) is 1.62. The monoisotopic (exact) mass is 415 g/mol. The highest BCUT2D eigenvalue weighted by atomic mass is 16.5. The van der Waals surface area contributed by atoms with Crippen LogP contribution in [0, 0.1) is 23.2 Å². The van der Waals surface area contributed by atoms with Crippen LogP contribution in [0.25, 0.3) is 6.08 Å². The van der Waals surface area contributed by atoms with Gasteiger partial charge in [-0.25, -0.2) is 0 Å². The molecule has 4 nitrogen and oxygen atoms in total. The molecule has 0 spiro atoms. The summed E-state index contributed by atoms with van der Waals surface area (Å²) in [5.41, 5.74) is 2.12. The molecule has 4 saturated carbocycles. The summed E-state index contributed by atoms with van der Waals surface area (Å²) in [5, 5.41) is 3.15. The van der Waals surface area contributed by atoms with Crippen LogP contribution in [0.1, 0.15) is 54.4 Å². The highest BCUT2D eigenvalue weighted by Gasteiger charge is 2.54. The molecule has 1 amide bonds. The number of carbonyl (C=O) groups is 2. The highest BCUT2D eigenvalue weighted by molar-refractivity contribution is 6.07. The summed E-state index contributed by atoms with van der Waals surface area (Å²) < 4.78 is 5.21. The lowest BCUT2D eigenvalue weighted by atomic mass is 9.49. The Balaban J connectivity index is 1.23. The second-order valence-electron chi connectivity index (χ2n) is 9.70. The number of benzene rings is 2. The lowest BCUT2D eigenvalue weighted by Crippen LogP contribution is -2.51. The number of hydrogen-bond donors (Lipinski definition) is 1. The van der Waals surface area contributed by atoms with E-state index in [9.17, 15) is 9.59 Å². The number of rotatable bonds is 6. The SMILES string of the molecule is COc1cccc(C=CC(=O)c2ccc(NC(=O)C34CC5CC(CC(C5)C3)C4)cc2)c1. The van der Waals surface area contributed by atoms with Crippen LogP contribution in [0.3, 0.4) is 0 Å². The second-order valence-corrected chi connectivity index (χ2v) is 9.70. The zero-order chi connectivity index (χ0) is 21.4. The maximum absolute atomic E-state index is 13.2. The van der Waals surface area contributed by atoms with E-state index in [-0.39, 0.29) is 17.1 Å². The van der Waals surface area contributed by atoms with Crippen molar-refractivity contribution in [3.63, 3.8) is 0 Å². The number of methoxy groups -OCH3 is 1. The Kier molecular flexibility index (Phi) is 5.17. The topological polar surface area (TPSA) is 55.4 Å². The number of anilines is 1. The molecule has 6 rings (SSSR count). The fraction of sp³-hybridized carbons (Fsp3) is 0.407. The number of hydrogen-bond acceptors (Lipinski definition) is 3. The van der Waals surface area contributed by atoms with Crippen molar-refractivity contribution in [1.82, 2.24) is 0 Å². The molecule has 4 bridgehead atoms. The van der Waals surface area contributed by atoms with Crippen molar-refractivity contribution in [1.29, 1.82) is 0 Å². The van der Waals surface area contributed by atoms with E-state index < -0.39 is 0 Å². The van der Waals surface area contributed by atoms with Gasteiger partial charge in [0, 0.05) is 11.3 Å². The predicted molar refractivity (Wildman–Crippen MR) is 122 cm³/mol. The van der Waals surface area contributed by atoms with Crippen LogP contribution in [0.15, 0.2) is 54.6 Å². The van der Waals surface area contributed by atoms with Crippen molar-refractivity contribution in [3.05, 3.63) is 65.7 Å². The average molecular weight is 416 g/mol. The zero-order valence-electron chi connectivity index (χ0n) is 18.0. The van der Waals surface area contributed by atoms with Crippen molar-refractivity contribution in [2.75, 3.05) is 12.4 Å². The summed E-state index contributed by atoms with van der Waals surface area (Å²) in [6.45, 7) is 0. The highest BCUT2D eigenvalue weighted by Crippen LogP contribution is 2.60. The Morgan fingerprint density at radius 1 is 0.968 bits per heavy atom. The molecule has 4 aliphatic rings. The Bertz CT molecular complexity index is 986. The van der Waals surface area contributed by atoms with Gasteiger partial charge in [0.25, 0.3) is 0 Å². The Labute approximate surface area is 183 Å². The molecule has 4 aliphatic carbocycles. The lowest BCUT2D eigenvalue weighted by molar-refractivity contribution is -0.140. The van der Waals surface area contributed by atoms with E-state index in [2.05, 4.69) is 5.32 Å². The molecular formula is C27H29NO3. The van der Waals surface area contributed by atoms with Crippen LogP contribution in [-0.2, 0) is 4.79 Å². The van der Waals surface area contributed by atoms with Gasteiger partial charge in [-0.3, -0.25) is 9.59 Å². The molecule has 160 valence electrons. The average Bonchev–Trinajstić information content (AvgIpc) is 2.77. The van der Waals surface area contributed by atoms with Gasteiger partial charge in [0.2, 0.25) is 5.91 Å². The largest absolute Gasteiger partial charge is 0.497 e. The van der Waals surface area contributed by atoms with Gasteiger partial charge in [0.1, 0.15) is 5.75 Å². The number of allylic oxidation sites excluding steroid dienone is 1. The first-order chi connectivity index (χ1) is 15.0. The molecule has 0 unspecified atom stereocenters. The summed E-state index contributed by atoms with van der Waals surface area (Å²) in [6.07, 6.45) is 10.5. The smallest absolute Gasteiger partial charge is 0.230 e. The van der Waals surface area contributed by atoms with Crippen LogP contribution in [0.4, 0.5) is 5.69 Å². The standard InChI is InChI=1S/C27H29NO3/c1-31-24-4-2-3-18(14-24)5-10-25(29)22-6-8-23(9-7-22)28-26(30)27-15-19-11-20(16-27)13-21(12-19)17-27/h2-10,14,19-21H,11-13,15-17H2,1H3,(H,28,30). The Morgan fingerprint density at radius 2 is 1.61 bits per heavy atom. The van der Waals surface area contributed by atoms with E-state index in [1.807, 2.05) is 36.4 Å². The van der Waals surface area contributed by atoms with Gasteiger partial charge in [-0.1, -0.05) is 18.2 Å². The van der Waals surface area contributed by atoms with E-state index in [1.54, 1.807) is 31.4 Å². The van der Waals surface area contributed by atoms with Gasteiger partial charge < -0.3 is 10.1 Å². The van der Waals surface area contributed by atoms with Gasteiger partial charge in [0.15, 0.2) is 5.78 Å². The van der Waals surface area contributed by atoms with Gasteiger partial charge >= 0.3 is 0 Å². The molecular weight excluding hydrogens is 386 g/mol. The van der Waals surface area contributed by atoms with Crippen LogP contribution in [0.2, 0.25) is 0 Å². The van der Waals surface area contributed by atoms with E-state index in [0.717, 1.165) is 54.0 Å². The molecule has 0 heterocycles.